The molecule has 0 fully saturated rings. The predicted molar refractivity (Wildman–Crippen MR) is 125 cm³/mol. The van der Waals surface area contributed by atoms with Gasteiger partial charge in [-0.05, 0) is 31.2 Å². The molecule has 0 aliphatic heterocycles. The van der Waals surface area contributed by atoms with Gasteiger partial charge in [0.2, 0.25) is 17.7 Å². The first-order valence-electron chi connectivity index (χ1n) is 11.1. The van der Waals surface area contributed by atoms with Crippen LogP contribution in [0.3, 0.4) is 0 Å². The maximum absolute atomic E-state index is 12.9. The van der Waals surface area contributed by atoms with Crippen LogP contribution in [0.25, 0.3) is 0 Å². The van der Waals surface area contributed by atoms with E-state index >= 15 is 0 Å². The van der Waals surface area contributed by atoms with Gasteiger partial charge in [-0.2, -0.15) is 0 Å². The number of hydrogen-bond donors (Lipinski definition) is 7. The van der Waals surface area contributed by atoms with Crippen LogP contribution in [0.2, 0.25) is 0 Å². The highest BCUT2D eigenvalue weighted by Crippen LogP contribution is 2.08. The number of aliphatic carboxylic acids is 2. The molecule has 5 atom stereocenters. The van der Waals surface area contributed by atoms with E-state index in [4.69, 9.17) is 15.9 Å². The first-order chi connectivity index (χ1) is 16.3. The maximum Gasteiger partial charge on any atom is 0.328 e. The molecule has 0 aliphatic rings. The summed E-state index contributed by atoms with van der Waals surface area (Å²) in [5, 5.41) is 34.7. The summed E-state index contributed by atoms with van der Waals surface area (Å²) in [4.78, 5) is 60.6. The molecule has 3 amide bonds. The van der Waals surface area contributed by atoms with E-state index in [0.29, 0.717) is 0 Å². The first kappa shape index (κ1) is 29.5. The van der Waals surface area contributed by atoms with Crippen LogP contribution in [-0.4, -0.2) is 75.3 Å². The van der Waals surface area contributed by atoms with E-state index in [2.05, 4.69) is 10.6 Å². The second-order valence-corrected chi connectivity index (χ2v) is 8.71. The summed E-state index contributed by atoms with van der Waals surface area (Å²) in [6.45, 7) is 4.74. The highest BCUT2D eigenvalue weighted by Gasteiger charge is 2.33. The Morgan fingerprint density at radius 1 is 0.857 bits per heavy atom. The summed E-state index contributed by atoms with van der Waals surface area (Å²) in [6, 6.07) is 3.59. The smallest absolute Gasteiger partial charge is 0.328 e. The molecule has 1 aromatic rings. The lowest BCUT2D eigenvalue weighted by atomic mass is 10.0. The number of nitrogens with one attached hydrogen (secondary N) is 3. The Morgan fingerprint density at radius 3 is 1.89 bits per heavy atom. The average Bonchev–Trinajstić information content (AvgIpc) is 2.75. The van der Waals surface area contributed by atoms with Crippen LogP contribution in [0.1, 0.15) is 39.2 Å². The van der Waals surface area contributed by atoms with Crippen molar-refractivity contribution in [1.82, 2.24) is 16.0 Å². The van der Waals surface area contributed by atoms with Gasteiger partial charge in [-0.25, -0.2) is 4.79 Å². The standard InChI is InChI=1S/C23H34N4O8/c1-12(2)9-16(25-20(31)15(24)10-14-7-5-4-6-8-14)21(32)26-17(11-18(29)30)22(33)27-19(13(3)28)23(34)35/h4-8,12-13,15-17,19,28H,9-11,24H2,1-3H3,(H,25,31)(H,26,32)(H,27,33)(H,29,30)(H,34,35). The zero-order valence-electron chi connectivity index (χ0n) is 19.9. The second kappa shape index (κ2) is 14.0. The van der Waals surface area contributed by atoms with Crippen molar-refractivity contribution in [2.24, 2.45) is 11.7 Å². The Labute approximate surface area is 203 Å². The summed E-state index contributed by atoms with van der Waals surface area (Å²) < 4.78 is 0. The van der Waals surface area contributed by atoms with Gasteiger partial charge < -0.3 is 37.0 Å². The predicted octanol–water partition coefficient (Wildman–Crippen LogP) is -1.00. The van der Waals surface area contributed by atoms with Crippen LogP contribution >= 0.6 is 0 Å². The second-order valence-electron chi connectivity index (χ2n) is 8.71. The van der Waals surface area contributed by atoms with Crippen molar-refractivity contribution in [3.8, 4) is 0 Å². The fourth-order valence-corrected chi connectivity index (χ4v) is 3.24. The highest BCUT2D eigenvalue weighted by atomic mass is 16.4. The average molecular weight is 495 g/mol. The number of carboxylic acids is 2. The third-order valence-electron chi connectivity index (χ3n) is 5.03. The summed E-state index contributed by atoms with van der Waals surface area (Å²) in [7, 11) is 0. The number of carbonyl (C=O) groups is 5. The topological polar surface area (TPSA) is 208 Å². The van der Waals surface area contributed by atoms with Gasteiger partial charge >= 0.3 is 11.9 Å². The molecule has 0 radical (unpaired) electrons. The zero-order chi connectivity index (χ0) is 26.7. The van der Waals surface area contributed by atoms with E-state index in [-0.39, 0.29) is 18.8 Å². The fraction of sp³-hybridized carbons (Fsp3) is 0.522. The Balaban J connectivity index is 2.97. The lowest BCUT2D eigenvalue weighted by Crippen LogP contribution is -2.59. The number of rotatable bonds is 14. The van der Waals surface area contributed by atoms with Crippen LogP contribution < -0.4 is 21.7 Å². The number of amides is 3. The minimum absolute atomic E-state index is 0.0604. The molecular weight excluding hydrogens is 460 g/mol. The van der Waals surface area contributed by atoms with Crippen molar-refractivity contribution in [3.05, 3.63) is 35.9 Å². The molecule has 0 saturated carbocycles. The number of carbonyl (C=O) groups excluding carboxylic acids is 3. The first-order valence-corrected chi connectivity index (χ1v) is 11.1. The largest absolute Gasteiger partial charge is 0.481 e. The number of benzene rings is 1. The highest BCUT2D eigenvalue weighted by molar-refractivity contribution is 5.95. The third kappa shape index (κ3) is 10.5. The molecule has 0 aromatic heterocycles. The van der Waals surface area contributed by atoms with Crippen molar-refractivity contribution in [3.63, 3.8) is 0 Å². The lowest BCUT2D eigenvalue weighted by molar-refractivity contribution is -0.146. The van der Waals surface area contributed by atoms with E-state index in [0.717, 1.165) is 12.5 Å². The monoisotopic (exact) mass is 494 g/mol. The van der Waals surface area contributed by atoms with Crippen LogP contribution in [0, 0.1) is 5.92 Å². The van der Waals surface area contributed by atoms with Crippen LogP contribution in [0.15, 0.2) is 30.3 Å². The number of hydrogen-bond acceptors (Lipinski definition) is 7. The summed E-state index contributed by atoms with van der Waals surface area (Å²) in [5.41, 5.74) is 6.81. The lowest BCUT2D eigenvalue weighted by Gasteiger charge is -2.26. The van der Waals surface area contributed by atoms with Gasteiger partial charge in [0.15, 0.2) is 6.04 Å². The van der Waals surface area contributed by atoms with Gasteiger partial charge in [-0.3, -0.25) is 19.2 Å². The molecule has 12 nitrogen and oxygen atoms in total. The minimum Gasteiger partial charge on any atom is -0.481 e. The molecule has 1 rings (SSSR count). The molecule has 0 heterocycles. The summed E-state index contributed by atoms with van der Waals surface area (Å²) >= 11 is 0. The fourth-order valence-electron chi connectivity index (χ4n) is 3.24. The molecule has 8 N–H and O–H groups in total. The van der Waals surface area contributed by atoms with Crippen LogP contribution in [0.4, 0.5) is 0 Å². The van der Waals surface area contributed by atoms with E-state index in [1.165, 1.54) is 0 Å². The van der Waals surface area contributed by atoms with Gasteiger partial charge in [-0.15, -0.1) is 0 Å². The Bertz CT molecular complexity index is 891. The van der Waals surface area contributed by atoms with E-state index in [9.17, 15) is 29.1 Å². The molecule has 5 unspecified atom stereocenters. The Hall–Kier alpha value is -3.51. The van der Waals surface area contributed by atoms with Crippen molar-refractivity contribution < 1.29 is 39.3 Å². The molecule has 0 aliphatic carbocycles. The van der Waals surface area contributed by atoms with Crippen molar-refractivity contribution in [2.45, 2.75) is 70.3 Å². The van der Waals surface area contributed by atoms with E-state index < -0.39 is 66.4 Å². The van der Waals surface area contributed by atoms with Crippen molar-refractivity contribution in [2.75, 3.05) is 0 Å². The molecule has 12 heteroatoms. The van der Waals surface area contributed by atoms with Crippen molar-refractivity contribution >= 4 is 29.7 Å². The van der Waals surface area contributed by atoms with Gasteiger partial charge in [0.1, 0.15) is 12.1 Å². The Morgan fingerprint density at radius 2 is 1.40 bits per heavy atom. The van der Waals surface area contributed by atoms with E-state index in [1.54, 1.807) is 38.1 Å². The summed E-state index contributed by atoms with van der Waals surface area (Å²) in [5.74, 6) is -5.56. The number of aliphatic hydroxyl groups is 1. The molecule has 0 spiro atoms. The number of nitrogens with two attached hydrogens (primary N) is 1. The minimum atomic E-state index is -1.71. The Kier molecular flexibility index (Phi) is 11.8. The van der Waals surface area contributed by atoms with Crippen molar-refractivity contribution in [1.29, 1.82) is 0 Å². The van der Waals surface area contributed by atoms with Gasteiger partial charge in [0.05, 0.1) is 18.6 Å². The molecule has 0 saturated heterocycles. The normalized spacial score (nSPS) is 15.3. The van der Waals surface area contributed by atoms with Gasteiger partial charge in [0.25, 0.3) is 0 Å². The maximum atomic E-state index is 12.9. The quantitative estimate of drug-likeness (QED) is 0.169. The number of carboxylic acid groups (broad SMARTS) is 2. The van der Waals surface area contributed by atoms with Gasteiger partial charge in [0, 0.05) is 0 Å². The molecule has 35 heavy (non-hydrogen) atoms. The SMILES string of the molecule is CC(C)CC(NC(=O)C(N)Cc1ccccc1)C(=O)NC(CC(=O)O)C(=O)NC(C(=O)O)C(C)O. The summed E-state index contributed by atoms with van der Waals surface area (Å²) in [6.07, 6.45) is -1.93. The third-order valence-corrected chi connectivity index (χ3v) is 5.03. The molecule has 1 aromatic carbocycles. The van der Waals surface area contributed by atoms with Gasteiger partial charge in [-0.1, -0.05) is 44.2 Å². The van der Waals surface area contributed by atoms with Crippen LogP contribution in [0.5, 0.6) is 0 Å². The molecule has 0 bridgehead atoms. The molecular formula is C23H34N4O8. The van der Waals surface area contributed by atoms with Crippen LogP contribution in [-0.2, 0) is 30.4 Å². The number of aliphatic hydroxyl groups excluding tert-OH is 1. The zero-order valence-corrected chi connectivity index (χ0v) is 19.9. The molecule has 194 valence electrons. The van der Waals surface area contributed by atoms with E-state index in [1.807, 2.05) is 11.4 Å².